The summed E-state index contributed by atoms with van der Waals surface area (Å²) in [5, 5.41) is 4.99. The van der Waals surface area contributed by atoms with Crippen molar-refractivity contribution in [1.82, 2.24) is 10.3 Å². The smallest absolute Gasteiger partial charge is 0.0897 e. The van der Waals surface area contributed by atoms with E-state index in [1.54, 1.807) is 0 Å². The van der Waals surface area contributed by atoms with Crippen LogP contribution in [0, 0.1) is 18.8 Å². The maximum atomic E-state index is 4.34. The predicted octanol–water partition coefficient (Wildman–Crippen LogP) is 3.29. The fraction of sp³-hybridized carbons (Fsp3) is 0.769. The maximum Gasteiger partial charge on any atom is 0.0897 e. The van der Waals surface area contributed by atoms with Crippen LogP contribution in [0.25, 0.3) is 0 Å². The Morgan fingerprint density at radius 2 is 2.31 bits per heavy atom. The highest BCUT2D eigenvalue weighted by atomic mass is 32.1. The molecule has 2 aliphatic rings. The SMILES string of the molecule is Cc1ncc(C(C)NC2CC3CCC2C3)s1. The van der Waals surface area contributed by atoms with Crippen LogP contribution in [0.15, 0.2) is 6.20 Å². The van der Waals surface area contributed by atoms with Gasteiger partial charge in [0.25, 0.3) is 0 Å². The highest BCUT2D eigenvalue weighted by molar-refractivity contribution is 7.11. The molecule has 2 saturated carbocycles. The van der Waals surface area contributed by atoms with E-state index in [9.17, 15) is 0 Å². The lowest BCUT2D eigenvalue weighted by atomic mass is 9.95. The van der Waals surface area contributed by atoms with Gasteiger partial charge in [0, 0.05) is 23.2 Å². The number of nitrogens with one attached hydrogen (secondary N) is 1. The molecule has 0 amide bonds. The third kappa shape index (κ3) is 1.91. The van der Waals surface area contributed by atoms with Gasteiger partial charge in [0.05, 0.1) is 5.01 Å². The van der Waals surface area contributed by atoms with Gasteiger partial charge in [0.1, 0.15) is 0 Å². The van der Waals surface area contributed by atoms with Gasteiger partial charge in [-0.1, -0.05) is 6.42 Å². The normalized spacial score (nSPS) is 34.5. The third-order valence-corrected chi connectivity index (χ3v) is 5.36. The minimum Gasteiger partial charge on any atom is -0.306 e. The first-order chi connectivity index (χ1) is 7.72. The zero-order chi connectivity index (χ0) is 11.1. The summed E-state index contributed by atoms with van der Waals surface area (Å²) in [6.07, 6.45) is 7.86. The number of nitrogens with zero attached hydrogens (tertiary/aromatic N) is 1. The second-order valence-corrected chi connectivity index (χ2v) is 6.72. The van der Waals surface area contributed by atoms with Crippen LogP contribution >= 0.6 is 11.3 Å². The van der Waals surface area contributed by atoms with E-state index >= 15 is 0 Å². The van der Waals surface area contributed by atoms with Gasteiger partial charge in [0.15, 0.2) is 0 Å². The topological polar surface area (TPSA) is 24.9 Å². The van der Waals surface area contributed by atoms with Crippen LogP contribution in [-0.2, 0) is 0 Å². The van der Waals surface area contributed by atoms with E-state index in [4.69, 9.17) is 0 Å². The van der Waals surface area contributed by atoms with Crippen molar-refractivity contribution in [2.45, 2.75) is 51.6 Å². The lowest BCUT2D eigenvalue weighted by Gasteiger charge is -2.26. The van der Waals surface area contributed by atoms with E-state index in [0.717, 1.165) is 17.9 Å². The summed E-state index contributed by atoms with van der Waals surface area (Å²) in [6.45, 7) is 4.36. The Balaban J connectivity index is 1.62. The fourth-order valence-electron chi connectivity index (χ4n) is 3.43. The van der Waals surface area contributed by atoms with Crippen molar-refractivity contribution in [2.75, 3.05) is 0 Å². The molecule has 2 nitrogen and oxygen atoms in total. The summed E-state index contributed by atoms with van der Waals surface area (Å²) in [5.41, 5.74) is 0. The molecule has 1 aromatic rings. The molecule has 4 unspecified atom stereocenters. The predicted molar refractivity (Wildman–Crippen MR) is 67.6 cm³/mol. The number of rotatable bonds is 3. The number of aryl methyl sites for hydroxylation is 1. The molecular formula is C13H20N2S. The van der Waals surface area contributed by atoms with Crippen LogP contribution in [0.1, 0.15) is 48.5 Å². The number of hydrogen-bond donors (Lipinski definition) is 1. The van der Waals surface area contributed by atoms with E-state index in [1.165, 1.54) is 35.6 Å². The van der Waals surface area contributed by atoms with E-state index in [1.807, 2.05) is 17.5 Å². The minimum atomic E-state index is 0.482. The van der Waals surface area contributed by atoms with Gasteiger partial charge >= 0.3 is 0 Å². The Kier molecular flexibility index (Phi) is 2.76. The first-order valence-corrected chi connectivity index (χ1v) is 7.22. The van der Waals surface area contributed by atoms with Crippen molar-refractivity contribution in [3.8, 4) is 0 Å². The lowest BCUT2D eigenvalue weighted by molar-refractivity contribution is 0.328. The highest BCUT2D eigenvalue weighted by Gasteiger charge is 2.39. The molecule has 0 aliphatic heterocycles. The molecule has 4 atom stereocenters. The summed E-state index contributed by atoms with van der Waals surface area (Å²) >= 11 is 1.83. The Bertz CT molecular complexity index is 374. The van der Waals surface area contributed by atoms with Crippen LogP contribution in [0.4, 0.5) is 0 Å². The van der Waals surface area contributed by atoms with E-state index in [0.29, 0.717) is 6.04 Å². The van der Waals surface area contributed by atoms with E-state index in [2.05, 4.69) is 24.1 Å². The number of fused-ring (bicyclic) bond motifs is 2. The molecule has 16 heavy (non-hydrogen) atoms. The zero-order valence-corrected chi connectivity index (χ0v) is 10.9. The second-order valence-electron chi connectivity index (χ2n) is 5.45. The molecule has 3 heteroatoms. The van der Waals surface area contributed by atoms with Crippen LogP contribution in [0.3, 0.4) is 0 Å². The van der Waals surface area contributed by atoms with Gasteiger partial charge in [-0.25, -0.2) is 4.98 Å². The molecule has 2 aliphatic carbocycles. The van der Waals surface area contributed by atoms with Crippen LogP contribution in [-0.4, -0.2) is 11.0 Å². The molecule has 1 aromatic heterocycles. The van der Waals surface area contributed by atoms with Crippen molar-refractivity contribution in [1.29, 1.82) is 0 Å². The maximum absolute atomic E-state index is 4.34. The second kappa shape index (κ2) is 4.11. The standard InChI is InChI=1S/C13H20N2S/c1-8(13-7-14-9(2)16-13)15-12-6-10-3-4-11(12)5-10/h7-8,10-12,15H,3-6H2,1-2H3. The van der Waals surface area contributed by atoms with Gasteiger partial charge in [-0.05, 0) is 44.9 Å². The number of thiazole rings is 1. The molecule has 2 fully saturated rings. The summed E-state index contributed by atoms with van der Waals surface area (Å²) in [5.74, 6) is 1.99. The van der Waals surface area contributed by atoms with Crippen molar-refractivity contribution in [3.63, 3.8) is 0 Å². The first-order valence-electron chi connectivity index (χ1n) is 6.40. The Morgan fingerprint density at radius 1 is 1.44 bits per heavy atom. The van der Waals surface area contributed by atoms with Crippen molar-refractivity contribution in [3.05, 3.63) is 16.1 Å². The summed E-state index contributed by atoms with van der Waals surface area (Å²) in [4.78, 5) is 5.73. The summed E-state index contributed by atoms with van der Waals surface area (Å²) in [7, 11) is 0. The molecule has 88 valence electrons. The lowest BCUT2D eigenvalue weighted by Crippen LogP contribution is -2.35. The van der Waals surface area contributed by atoms with Crippen molar-refractivity contribution >= 4 is 11.3 Å². The molecular weight excluding hydrogens is 216 g/mol. The van der Waals surface area contributed by atoms with Crippen LogP contribution < -0.4 is 5.32 Å². The van der Waals surface area contributed by atoms with Crippen molar-refractivity contribution in [2.24, 2.45) is 11.8 Å². The van der Waals surface area contributed by atoms with E-state index < -0.39 is 0 Å². The van der Waals surface area contributed by atoms with Crippen LogP contribution in [0.5, 0.6) is 0 Å². The Hall–Kier alpha value is -0.410. The molecule has 0 spiro atoms. The molecule has 0 saturated heterocycles. The Labute approximate surface area is 101 Å². The van der Waals surface area contributed by atoms with Crippen LogP contribution in [0.2, 0.25) is 0 Å². The summed E-state index contributed by atoms with van der Waals surface area (Å²) in [6, 6.07) is 1.26. The van der Waals surface area contributed by atoms with Gasteiger partial charge in [-0.3, -0.25) is 0 Å². The average molecular weight is 236 g/mol. The molecule has 0 radical (unpaired) electrons. The van der Waals surface area contributed by atoms with Gasteiger partial charge in [0.2, 0.25) is 0 Å². The minimum absolute atomic E-state index is 0.482. The molecule has 2 bridgehead atoms. The fourth-order valence-corrected chi connectivity index (χ4v) is 4.23. The zero-order valence-electron chi connectivity index (χ0n) is 10.1. The molecule has 1 N–H and O–H groups in total. The number of aromatic nitrogens is 1. The summed E-state index contributed by atoms with van der Waals surface area (Å²) < 4.78 is 0. The van der Waals surface area contributed by atoms with Gasteiger partial charge < -0.3 is 5.32 Å². The highest BCUT2D eigenvalue weighted by Crippen LogP contribution is 2.45. The number of hydrogen-bond acceptors (Lipinski definition) is 3. The van der Waals surface area contributed by atoms with Gasteiger partial charge in [-0.2, -0.15) is 0 Å². The van der Waals surface area contributed by atoms with E-state index in [-0.39, 0.29) is 0 Å². The third-order valence-electron chi connectivity index (χ3n) is 4.27. The van der Waals surface area contributed by atoms with Gasteiger partial charge in [-0.15, -0.1) is 11.3 Å². The molecule has 1 heterocycles. The average Bonchev–Trinajstić information content (AvgIpc) is 2.92. The first kappa shape index (κ1) is 10.7. The van der Waals surface area contributed by atoms with Crippen molar-refractivity contribution < 1.29 is 0 Å². The molecule has 0 aromatic carbocycles. The molecule has 3 rings (SSSR count). The quantitative estimate of drug-likeness (QED) is 0.871. The Morgan fingerprint density at radius 3 is 2.88 bits per heavy atom. The largest absolute Gasteiger partial charge is 0.306 e. The monoisotopic (exact) mass is 236 g/mol.